The van der Waals surface area contributed by atoms with Gasteiger partial charge in [0.15, 0.2) is 0 Å². The molecular formula is C10H13N3O5S. The molecule has 0 aliphatic heterocycles. The summed E-state index contributed by atoms with van der Waals surface area (Å²) in [6.45, 7) is -0.00354. The molecule has 1 rings (SSSR count). The second-order valence-corrected chi connectivity index (χ2v) is 5.16. The lowest BCUT2D eigenvalue weighted by Crippen LogP contribution is -2.30. The quantitative estimate of drug-likeness (QED) is 0.600. The molecule has 0 unspecified atom stereocenters. The van der Waals surface area contributed by atoms with Gasteiger partial charge in [-0.05, 0) is 24.3 Å². The number of carbonyl (C=O) groups is 2. The first-order valence-electron chi connectivity index (χ1n) is 5.18. The van der Waals surface area contributed by atoms with Gasteiger partial charge in [0.1, 0.15) is 0 Å². The highest BCUT2D eigenvalue weighted by Gasteiger charge is 2.08. The van der Waals surface area contributed by atoms with Gasteiger partial charge >= 0.3 is 12.0 Å². The number of carboxylic acids is 1. The van der Waals surface area contributed by atoms with Crippen molar-refractivity contribution in [3.05, 3.63) is 24.3 Å². The maximum absolute atomic E-state index is 11.3. The summed E-state index contributed by atoms with van der Waals surface area (Å²) < 4.78 is 22.0. The molecular weight excluding hydrogens is 274 g/mol. The Morgan fingerprint density at radius 1 is 1.21 bits per heavy atom. The van der Waals surface area contributed by atoms with E-state index in [0.717, 1.165) is 0 Å². The van der Waals surface area contributed by atoms with E-state index >= 15 is 0 Å². The van der Waals surface area contributed by atoms with E-state index in [1.807, 2.05) is 0 Å². The van der Waals surface area contributed by atoms with Gasteiger partial charge in [-0.2, -0.15) is 0 Å². The van der Waals surface area contributed by atoms with E-state index in [0.29, 0.717) is 5.69 Å². The molecule has 0 spiro atoms. The Morgan fingerprint density at radius 2 is 1.79 bits per heavy atom. The molecule has 19 heavy (non-hydrogen) atoms. The summed E-state index contributed by atoms with van der Waals surface area (Å²) >= 11 is 0. The average molecular weight is 287 g/mol. The van der Waals surface area contributed by atoms with Crippen molar-refractivity contribution in [2.45, 2.75) is 11.3 Å². The number of benzene rings is 1. The number of anilines is 1. The molecule has 5 N–H and O–H groups in total. The Hall–Kier alpha value is -2.13. The summed E-state index contributed by atoms with van der Waals surface area (Å²) in [6, 6.07) is 4.67. The van der Waals surface area contributed by atoms with Crippen LogP contribution in [0.1, 0.15) is 6.42 Å². The van der Waals surface area contributed by atoms with E-state index in [1.165, 1.54) is 24.3 Å². The van der Waals surface area contributed by atoms with Crippen molar-refractivity contribution in [3.8, 4) is 0 Å². The van der Waals surface area contributed by atoms with Crippen molar-refractivity contribution in [1.29, 1.82) is 0 Å². The summed E-state index contributed by atoms with van der Waals surface area (Å²) in [5.74, 6) is -1.02. The minimum atomic E-state index is -3.77. The van der Waals surface area contributed by atoms with Gasteiger partial charge in [0.25, 0.3) is 0 Å². The molecule has 0 heterocycles. The number of carbonyl (C=O) groups excluding carboxylic acids is 1. The smallest absolute Gasteiger partial charge is 0.319 e. The van der Waals surface area contributed by atoms with Crippen LogP contribution in [0.25, 0.3) is 0 Å². The largest absolute Gasteiger partial charge is 0.481 e. The van der Waals surface area contributed by atoms with Crippen LogP contribution in [0.2, 0.25) is 0 Å². The van der Waals surface area contributed by atoms with Crippen LogP contribution in [0.15, 0.2) is 29.2 Å². The van der Waals surface area contributed by atoms with Crippen molar-refractivity contribution in [3.63, 3.8) is 0 Å². The number of nitrogens with two attached hydrogens (primary N) is 1. The van der Waals surface area contributed by atoms with E-state index in [4.69, 9.17) is 10.2 Å². The van der Waals surface area contributed by atoms with Crippen molar-refractivity contribution >= 4 is 27.7 Å². The zero-order valence-electron chi connectivity index (χ0n) is 9.79. The van der Waals surface area contributed by atoms with Crippen LogP contribution in [0, 0.1) is 0 Å². The van der Waals surface area contributed by atoms with Gasteiger partial charge in [0.05, 0.1) is 11.3 Å². The first kappa shape index (κ1) is 14.9. The normalized spacial score (nSPS) is 10.8. The lowest BCUT2D eigenvalue weighted by Gasteiger charge is -2.07. The standard InChI is InChI=1S/C10H13N3O5S/c11-19(17,18)8-3-1-7(2-4-8)13-10(16)12-6-5-9(14)15/h1-4H,5-6H2,(H,14,15)(H2,11,17,18)(H2,12,13,16). The summed E-state index contributed by atoms with van der Waals surface area (Å²) in [5, 5.41) is 18.1. The van der Waals surface area contributed by atoms with Gasteiger partial charge in [-0.25, -0.2) is 18.4 Å². The third-order valence-corrected chi connectivity index (χ3v) is 2.99. The number of hydrogen-bond donors (Lipinski definition) is 4. The Labute approximate surface area is 109 Å². The average Bonchev–Trinajstić information content (AvgIpc) is 2.27. The number of rotatable bonds is 5. The first-order chi connectivity index (χ1) is 8.79. The van der Waals surface area contributed by atoms with E-state index in [-0.39, 0.29) is 17.9 Å². The third-order valence-electron chi connectivity index (χ3n) is 2.07. The van der Waals surface area contributed by atoms with Gasteiger partial charge in [0.2, 0.25) is 10.0 Å². The Balaban J connectivity index is 2.54. The Bertz CT molecular complexity index is 567. The molecule has 0 saturated carbocycles. The molecule has 1 aromatic carbocycles. The van der Waals surface area contributed by atoms with E-state index in [1.54, 1.807) is 0 Å². The van der Waals surface area contributed by atoms with Gasteiger partial charge in [-0.3, -0.25) is 4.79 Å². The maximum Gasteiger partial charge on any atom is 0.319 e. The molecule has 0 aromatic heterocycles. The molecule has 0 radical (unpaired) electrons. The van der Waals surface area contributed by atoms with E-state index in [9.17, 15) is 18.0 Å². The summed E-state index contributed by atoms with van der Waals surface area (Å²) in [7, 11) is -3.77. The Morgan fingerprint density at radius 3 is 2.26 bits per heavy atom. The Kier molecular flexibility index (Phi) is 4.84. The highest BCUT2D eigenvalue weighted by atomic mass is 32.2. The van der Waals surface area contributed by atoms with Crippen molar-refractivity contribution in [1.82, 2.24) is 5.32 Å². The van der Waals surface area contributed by atoms with Crippen LogP contribution in [-0.4, -0.2) is 32.1 Å². The second-order valence-electron chi connectivity index (χ2n) is 3.59. The predicted octanol–water partition coefficient (Wildman–Crippen LogP) is -0.0698. The molecule has 104 valence electrons. The number of urea groups is 1. The number of carboxylic acid groups (broad SMARTS) is 1. The van der Waals surface area contributed by atoms with Gasteiger partial charge in [-0.1, -0.05) is 0 Å². The molecule has 0 bridgehead atoms. The van der Waals surface area contributed by atoms with E-state index < -0.39 is 22.0 Å². The highest BCUT2D eigenvalue weighted by molar-refractivity contribution is 7.89. The molecule has 2 amide bonds. The topological polar surface area (TPSA) is 139 Å². The first-order valence-corrected chi connectivity index (χ1v) is 6.73. The molecule has 0 saturated heterocycles. The number of amides is 2. The molecule has 9 heteroatoms. The van der Waals surface area contributed by atoms with Crippen molar-refractivity contribution in [2.75, 3.05) is 11.9 Å². The second kappa shape index (κ2) is 6.16. The number of nitrogens with one attached hydrogen (secondary N) is 2. The predicted molar refractivity (Wildman–Crippen MR) is 67.1 cm³/mol. The van der Waals surface area contributed by atoms with Crippen LogP contribution in [0.5, 0.6) is 0 Å². The monoisotopic (exact) mass is 287 g/mol. The third kappa shape index (κ3) is 5.36. The zero-order valence-corrected chi connectivity index (χ0v) is 10.6. The minimum Gasteiger partial charge on any atom is -0.481 e. The summed E-state index contributed by atoms with van der Waals surface area (Å²) in [6.07, 6.45) is -0.183. The lowest BCUT2D eigenvalue weighted by atomic mass is 10.3. The fraction of sp³-hybridized carbons (Fsp3) is 0.200. The van der Waals surface area contributed by atoms with Crippen LogP contribution in [0.3, 0.4) is 0 Å². The molecule has 0 atom stereocenters. The number of aliphatic carboxylic acids is 1. The molecule has 1 aromatic rings. The maximum atomic E-state index is 11.3. The molecule has 8 nitrogen and oxygen atoms in total. The van der Waals surface area contributed by atoms with Crippen LogP contribution in [0.4, 0.5) is 10.5 Å². The zero-order chi connectivity index (χ0) is 14.5. The summed E-state index contributed by atoms with van der Waals surface area (Å²) in [4.78, 5) is 21.5. The molecule has 0 aliphatic rings. The SMILES string of the molecule is NS(=O)(=O)c1ccc(NC(=O)NCCC(=O)O)cc1. The van der Waals surface area contributed by atoms with Crippen LogP contribution < -0.4 is 15.8 Å². The fourth-order valence-corrected chi connectivity index (χ4v) is 1.70. The minimum absolute atomic E-state index is 0.00354. The van der Waals surface area contributed by atoms with E-state index in [2.05, 4.69) is 10.6 Å². The van der Waals surface area contributed by atoms with Crippen molar-refractivity contribution < 1.29 is 23.1 Å². The van der Waals surface area contributed by atoms with Gasteiger partial charge in [0, 0.05) is 12.2 Å². The number of primary sulfonamides is 1. The highest BCUT2D eigenvalue weighted by Crippen LogP contribution is 2.12. The summed E-state index contributed by atoms with van der Waals surface area (Å²) in [5.41, 5.74) is 0.361. The molecule has 0 aliphatic carbocycles. The fourth-order valence-electron chi connectivity index (χ4n) is 1.19. The molecule has 0 fully saturated rings. The van der Waals surface area contributed by atoms with Gasteiger partial charge in [-0.15, -0.1) is 0 Å². The van der Waals surface area contributed by atoms with Crippen molar-refractivity contribution in [2.24, 2.45) is 5.14 Å². The lowest BCUT2D eigenvalue weighted by molar-refractivity contribution is -0.136. The van der Waals surface area contributed by atoms with Crippen LogP contribution in [-0.2, 0) is 14.8 Å². The van der Waals surface area contributed by atoms with Crippen LogP contribution >= 0.6 is 0 Å². The van der Waals surface area contributed by atoms with Gasteiger partial charge < -0.3 is 15.7 Å². The number of sulfonamides is 1. The number of hydrogen-bond acceptors (Lipinski definition) is 4.